The maximum atomic E-state index is 11.7. The first kappa shape index (κ1) is 12.4. The highest BCUT2D eigenvalue weighted by molar-refractivity contribution is 5.84. The van der Waals surface area contributed by atoms with Gasteiger partial charge in [0.25, 0.3) is 0 Å². The summed E-state index contributed by atoms with van der Waals surface area (Å²) in [5.74, 6) is 0.727. The summed E-state index contributed by atoms with van der Waals surface area (Å²) < 4.78 is 0. The van der Waals surface area contributed by atoms with Crippen LogP contribution in [0.25, 0.3) is 0 Å². The minimum Gasteiger partial charge on any atom is -0.368 e. The van der Waals surface area contributed by atoms with Gasteiger partial charge in [-0.15, -0.1) is 0 Å². The van der Waals surface area contributed by atoms with Gasteiger partial charge in [-0.1, -0.05) is 0 Å². The van der Waals surface area contributed by atoms with Crippen LogP contribution in [0.4, 0.5) is 0 Å². The van der Waals surface area contributed by atoms with Crippen LogP contribution in [0, 0.1) is 5.92 Å². The molecular formula is C14H25N3O. The van der Waals surface area contributed by atoms with E-state index in [-0.39, 0.29) is 5.91 Å². The number of hydrogen-bond acceptors (Lipinski definition) is 3. The van der Waals surface area contributed by atoms with E-state index in [1.165, 1.54) is 38.6 Å². The fourth-order valence-electron chi connectivity index (χ4n) is 3.61. The molecule has 102 valence electrons. The Balaban J connectivity index is 1.54. The molecule has 1 heterocycles. The highest BCUT2D eigenvalue weighted by Crippen LogP contribution is 2.37. The van der Waals surface area contributed by atoms with Gasteiger partial charge in [-0.25, -0.2) is 0 Å². The van der Waals surface area contributed by atoms with Gasteiger partial charge in [0.1, 0.15) is 0 Å². The first-order chi connectivity index (χ1) is 8.57. The topological polar surface area (TPSA) is 58.4 Å². The second-order valence-corrected chi connectivity index (χ2v) is 6.69. The van der Waals surface area contributed by atoms with Crippen LogP contribution in [0.15, 0.2) is 0 Å². The van der Waals surface area contributed by atoms with Crippen LogP contribution in [0.1, 0.15) is 45.4 Å². The Labute approximate surface area is 109 Å². The van der Waals surface area contributed by atoms with Crippen molar-refractivity contribution in [2.45, 2.75) is 63.1 Å². The van der Waals surface area contributed by atoms with Crippen molar-refractivity contribution in [3.63, 3.8) is 0 Å². The van der Waals surface area contributed by atoms with E-state index in [9.17, 15) is 4.79 Å². The maximum absolute atomic E-state index is 11.7. The van der Waals surface area contributed by atoms with Gasteiger partial charge in [-0.05, 0) is 51.4 Å². The molecule has 0 aromatic heterocycles. The zero-order valence-electron chi connectivity index (χ0n) is 11.3. The lowest BCUT2D eigenvalue weighted by atomic mass is 9.95. The number of likely N-dealkylation sites (tertiary alicyclic amines) is 1. The van der Waals surface area contributed by atoms with Gasteiger partial charge in [0, 0.05) is 25.2 Å². The lowest BCUT2D eigenvalue weighted by molar-refractivity contribution is -0.124. The molecule has 3 rings (SSSR count). The molecule has 0 spiro atoms. The van der Waals surface area contributed by atoms with E-state index in [0.717, 1.165) is 24.9 Å². The highest BCUT2D eigenvalue weighted by atomic mass is 16.1. The number of rotatable bonds is 6. The van der Waals surface area contributed by atoms with Crippen molar-refractivity contribution in [2.75, 3.05) is 13.1 Å². The van der Waals surface area contributed by atoms with E-state index >= 15 is 0 Å². The molecule has 18 heavy (non-hydrogen) atoms. The molecule has 3 aliphatic rings. The number of nitrogens with zero attached hydrogens (tertiary/aromatic N) is 1. The van der Waals surface area contributed by atoms with Crippen LogP contribution in [0.5, 0.6) is 0 Å². The van der Waals surface area contributed by atoms with Crippen molar-refractivity contribution in [3.05, 3.63) is 0 Å². The summed E-state index contributed by atoms with van der Waals surface area (Å²) in [5, 5.41) is 3.43. The van der Waals surface area contributed by atoms with Crippen molar-refractivity contribution in [2.24, 2.45) is 11.7 Å². The molecule has 1 amide bonds. The van der Waals surface area contributed by atoms with Crippen LogP contribution in [0.3, 0.4) is 0 Å². The molecule has 2 aliphatic carbocycles. The van der Waals surface area contributed by atoms with E-state index < -0.39 is 5.54 Å². The molecule has 4 nitrogen and oxygen atoms in total. The summed E-state index contributed by atoms with van der Waals surface area (Å²) >= 11 is 0. The summed E-state index contributed by atoms with van der Waals surface area (Å²) in [7, 11) is 0. The Morgan fingerprint density at radius 3 is 2.67 bits per heavy atom. The lowest BCUT2D eigenvalue weighted by Gasteiger charge is -2.33. The molecule has 0 radical (unpaired) electrons. The normalized spacial score (nSPS) is 34.7. The van der Waals surface area contributed by atoms with E-state index in [4.69, 9.17) is 5.73 Å². The largest absolute Gasteiger partial charge is 0.368 e. The molecule has 1 aliphatic heterocycles. The first-order valence-electron chi connectivity index (χ1n) is 7.38. The number of primary amides is 1. The molecule has 0 aromatic rings. The predicted molar refractivity (Wildman–Crippen MR) is 71.1 cm³/mol. The van der Waals surface area contributed by atoms with Crippen molar-refractivity contribution in [3.8, 4) is 0 Å². The Morgan fingerprint density at radius 2 is 2.17 bits per heavy atom. The number of piperidine rings is 1. The summed E-state index contributed by atoms with van der Waals surface area (Å²) in [6.45, 7) is 4.23. The summed E-state index contributed by atoms with van der Waals surface area (Å²) in [6.07, 6.45) is 7.38. The quantitative estimate of drug-likeness (QED) is 0.736. The van der Waals surface area contributed by atoms with Crippen molar-refractivity contribution < 1.29 is 4.79 Å². The van der Waals surface area contributed by atoms with Crippen LogP contribution in [-0.4, -0.2) is 41.5 Å². The van der Waals surface area contributed by atoms with Crippen LogP contribution < -0.4 is 11.1 Å². The third-order valence-electron chi connectivity index (χ3n) is 5.07. The molecule has 1 saturated heterocycles. The zero-order chi connectivity index (χ0) is 12.8. The number of amides is 1. The number of carbonyl (C=O) groups excluding carboxylic acids is 1. The van der Waals surface area contributed by atoms with Crippen molar-refractivity contribution >= 4 is 5.91 Å². The molecule has 3 atom stereocenters. The van der Waals surface area contributed by atoms with Crippen molar-refractivity contribution in [1.29, 1.82) is 0 Å². The number of hydrogen-bond donors (Lipinski definition) is 2. The predicted octanol–water partition coefficient (Wildman–Crippen LogP) is 0.857. The van der Waals surface area contributed by atoms with Gasteiger partial charge in [0.05, 0.1) is 5.54 Å². The van der Waals surface area contributed by atoms with E-state index in [1.54, 1.807) is 0 Å². The van der Waals surface area contributed by atoms with Crippen molar-refractivity contribution in [1.82, 2.24) is 10.2 Å². The molecule has 3 unspecified atom stereocenters. The van der Waals surface area contributed by atoms with Gasteiger partial charge in [-0.2, -0.15) is 0 Å². The first-order valence-corrected chi connectivity index (χ1v) is 7.38. The van der Waals surface area contributed by atoms with Gasteiger partial charge in [-0.3, -0.25) is 4.79 Å². The minimum absolute atomic E-state index is 0.196. The summed E-state index contributed by atoms with van der Waals surface area (Å²) in [6, 6.07) is 1.31. The smallest absolute Gasteiger partial charge is 0.237 e. The molecule has 0 aromatic carbocycles. The standard InChI is InChI=1S/C14H25N3O/c1-14(13(15)18,16-11-3-4-11)6-7-17-9-10-2-5-12(17)8-10/h10-12,16H,2-9H2,1H3,(H2,15,18). The van der Waals surface area contributed by atoms with E-state index in [2.05, 4.69) is 10.2 Å². The number of fused-ring (bicyclic) bond motifs is 2. The SMILES string of the molecule is CC(CCN1CC2CCC1C2)(NC1CC1)C(N)=O. The third-order valence-corrected chi connectivity index (χ3v) is 5.07. The molecule has 3 fully saturated rings. The number of carbonyl (C=O) groups is 1. The number of nitrogens with one attached hydrogen (secondary N) is 1. The Kier molecular flexibility index (Phi) is 3.10. The van der Waals surface area contributed by atoms with Crippen LogP contribution >= 0.6 is 0 Å². The lowest BCUT2D eigenvalue weighted by Crippen LogP contribution is -2.55. The molecule has 2 saturated carbocycles. The average Bonchev–Trinajstić information content (AvgIpc) is 2.90. The molecular weight excluding hydrogens is 226 g/mol. The molecule has 2 bridgehead atoms. The van der Waals surface area contributed by atoms with Crippen LogP contribution in [-0.2, 0) is 4.79 Å². The fourth-order valence-corrected chi connectivity index (χ4v) is 3.61. The van der Waals surface area contributed by atoms with Gasteiger partial charge in [0.15, 0.2) is 0 Å². The van der Waals surface area contributed by atoms with E-state index in [0.29, 0.717) is 6.04 Å². The summed E-state index contributed by atoms with van der Waals surface area (Å²) in [4.78, 5) is 14.3. The Morgan fingerprint density at radius 1 is 1.39 bits per heavy atom. The zero-order valence-corrected chi connectivity index (χ0v) is 11.3. The Hall–Kier alpha value is -0.610. The van der Waals surface area contributed by atoms with Gasteiger partial charge in [0.2, 0.25) is 5.91 Å². The summed E-state index contributed by atoms with van der Waals surface area (Å²) in [5.41, 5.74) is 5.08. The van der Waals surface area contributed by atoms with Gasteiger partial charge < -0.3 is 16.0 Å². The third kappa shape index (κ3) is 2.41. The maximum Gasteiger partial charge on any atom is 0.237 e. The second kappa shape index (κ2) is 4.49. The number of nitrogens with two attached hydrogens (primary N) is 1. The van der Waals surface area contributed by atoms with Crippen LogP contribution in [0.2, 0.25) is 0 Å². The highest BCUT2D eigenvalue weighted by Gasteiger charge is 2.41. The monoisotopic (exact) mass is 251 g/mol. The Bertz CT molecular complexity index is 342. The van der Waals surface area contributed by atoms with E-state index in [1.807, 2.05) is 6.92 Å². The fraction of sp³-hybridized carbons (Fsp3) is 0.929. The second-order valence-electron chi connectivity index (χ2n) is 6.69. The van der Waals surface area contributed by atoms with Gasteiger partial charge >= 0.3 is 0 Å². The minimum atomic E-state index is -0.511. The molecule has 4 heteroatoms. The average molecular weight is 251 g/mol. The molecule has 3 N–H and O–H groups in total.